The molecule has 0 bridgehead atoms. The first-order valence-corrected chi connectivity index (χ1v) is 5.85. The average Bonchev–Trinajstić information content (AvgIpc) is 2.84. The molecule has 0 saturated carbocycles. The largest absolute Gasteiger partial charge is 0.465 e. The van der Waals surface area contributed by atoms with Crippen molar-refractivity contribution in [3.05, 3.63) is 22.4 Å². The van der Waals surface area contributed by atoms with Gasteiger partial charge in [0.15, 0.2) is 5.13 Å². The molecule has 0 aliphatic rings. The molecule has 0 aliphatic heterocycles. The summed E-state index contributed by atoms with van der Waals surface area (Å²) in [6.45, 7) is 0. The Balaban J connectivity index is 2.31. The second kappa shape index (κ2) is 4.00. The molecule has 78 valence electrons. The van der Waals surface area contributed by atoms with Gasteiger partial charge in [0.2, 0.25) is 0 Å². The lowest BCUT2D eigenvalue weighted by atomic mass is 10.3. The highest BCUT2D eigenvalue weighted by molar-refractivity contribution is 7.16. The summed E-state index contributed by atoms with van der Waals surface area (Å²) in [5, 5.41) is 4.14. The number of aromatic nitrogens is 1. The van der Waals surface area contributed by atoms with Gasteiger partial charge in [0.25, 0.3) is 0 Å². The van der Waals surface area contributed by atoms with Crippen LogP contribution in [0.4, 0.5) is 5.13 Å². The van der Waals surface area contributed by atoms with Gasteiger partial charge in [0.05, 0.1) is 23.2 Å². The van der Waals surface area contributed by atoms with E-state index < -0.39 is 0 Å². The van der Waals surface area contributed by atoms with Gasteiger partial charge >= 0.3 is 5.97 Å². The van der Waals surface area contributed by atoms with Crippen molar-refractivity contribution in [3.8, 4) is 10.6 Å². The molecule has 2 aromatic heterocycles. The zero-order valence-electron chi connectivity index (χ0n) is 7.89. The minimum absolute atomic E-state index is 0.333. The van der Waals surface area contributed by atoms with Crippen LogP contribution in [0.2, 0.25) is 0 Å². The Bertz CT molecular complexity index is 490. The third-order valence-electron chi connectivity index (χ3n) is 1.79. The number of carbonyl (C=O) groups excluding carboxylic acids is 1. The number of nitrogen functional groups attached to an aromatic ring is 1. The van der Waals surface area contributed by atoms with Crippen LogP contribution in [0.1, 0.15) is 10.4 Å². The van der Waals surface area contributed by atoms with Crippen molar-refractivity contribution >= 4 is 33.8 Å². The van der Waals surface area contributed by atoms with Gasteiger partial charge in [-0.05, 0) is 6.07 Å². The summed E-state index contributed by atoms with van der Waals surface area (Å²) in [4.78, 5) is 16.3. The van der Waals surface area contributed by atoms with Gasteiger partial charge in [0, 0.05) is 10.8 Å². The number of rotatable bonds is 2. The van der Waals surface area contributed by atoms with Crippen LogP contribution >= 0.6 is 22.7 Å². The number of hydrogen-bond acceptors (Lipinski definition) is 6. The minimum atomic E-state index is -0.333. The highest BCUT2D eigenvalue weighted by Gasteiger charge is 2.11. The van der Waals surface area contributed by atoms with Crippen LogP contribution in [0, 0.1) is 0 Å². The summed E-state index contributed by atoms with van der Waals surface area (Å²) in [7, 11) is 1.36. The number of anilines is 1. The number of carbonyl (C=O) groups is 1. The molecule has 0 aliphatic carbocycles. The Morgan fingerprint density at radius 1 is 1.47 bits per heavy atom. The molecule has 6 heteroatoms. The molecule has 0 unspecified atom stereocenters. The fraction of sp³-hybridized carbons (Fsp3) is 0.111. The van der Waals surface area contributed by atoms with Gasteiger partial charge in [-0.3, -0.25) is 0 Å². The van der Waals surface area contributed by atoms with E-state index in [1.165, 1.54) is 29.8 Å². The quantitative estimate of drug-likeness (QED) is 0.817. The van der Waals surface area contributed by atoms with Gasteiger partial charge in [-0.25, -0.2) is 9.78 Å². The van der Waals surface area contributed by atoms with E-state index in [0.29, 0.717) is 10.7 Å². The summed E-state index contributed by atoms with van der Waals surface area (Å²) >= 11 is 2.83. The highest BCUT2D eigenvalue weighted by Crippen LogP contribution is 2.29. The topological polar surface area (TPSA) is 65.2 Å². The maximum absolute atomic E-state index is 11.2. The number of thiophene rings is 1. The second-order valence-electron chi connectivity index (χ2n) is 2.76. The summed E-state index contributed by atoms with van der Waals surface area (Å²) < 4.78 is 4.62. The SMILES string of the molecule is COC(=O)c1csc(-c2csc(N)n2)c1. The van der Waals surface area contributed by atoms with E-state index in [0.717, 1.165) is 10.6 Å². The van der Waals surface area contributed by atoms with Crippen molar-refractivity contribution < 1.29 is 9.53 Å². The van der Waals surface area contributed by atoms with Crippen LogP contribution in [0.3, 0.4) is 0 Å². The van der Waals surface area contributed by atoms with Crippen LogP contribution in [0.5, 0.6) is 0 Å². The Labute approximate surface area is 94.3 Å². The minimum Gasteiger partial charge on any atom is -0.465 e. The van der Waals surface area contributed by atoms with E-state index in [2.05, 4.69) is 9.72 Å². The molecule has 2 N–H and O–H groups in total. The molecule has 0 fully saturated rings. The normalized spacial score (nSPS) is 10.2. The summed E-state index contributed by atoms with van der Waals surface area (Å²) in [5.74, 6) is -0.333. The molecule has 2 heterocycles. The molecule has 2 aromatic rings. The van der Waals surface area contributed by atoms with Gasteiger partial charge in [-0.2, -0.15) is 0 Å². The smallest absolute Gasteiger partial charge is 0.338 e. The molecule has 0 aromatic carbocycles. The number of thiazole rings is 1. The lowest BCUT2D eigenvalue weighted by molar-refractivity contribution is 0.0601. The molecule has 0 amide bonds. The van der Waals surface area contributed by atoms with Crippen molar-refractivity contribution in [2.75, 3.05) is 12.8 Å². The van der Waals surface area contributed by atoms with Crippen LogP contribution in [0.15, 0.2) is 16.8 Å². The Hall–Kier alpha value is -1.40. The summed E-state index contributed by atoms with van der Waals surface area (Å²) in [6, 6.07) is 1.75. The second-order valence-corrected chi connectivity index (χ2v) is 4.56. The number of nitrogens with two attached hydrogens (primary N) is 1. The van der Waals surface area contributed by atoms with E-state index in [1.807, 2.05) is 5.38 Å². The first-order chi connectivity index (χ1) is 7.20. The predicted octanol–water partition coefficient (Wildman–Crippen LogP) is 2.24. The molecule has 15 heavy (non-hydrogen) atoms. The van der Waals surface area contributed by atoms with Gasteiger partial charge in [-0.15, -0.1) is 22.7 Å². The zero-order valence-corrected chi connectivity index (χ0v) is 9.52. The standard InChI is InChI=1S/C9H8N2O2S2/c1-13-8(12)5-2-7(14-3-5)6-4-15-9(10)11-6/h2-4H,1H3,(H2,10,11). The fourth-order valence-corrected chi connectivity index (χ4v) is 2.57. The van der Waals surface area contributed by atoms with E-state index in [4.69, 9.17) is 5.73 Å². The molecule has 0 radical (unpaired) electrons. The molecule has 0 saturated heterocycles. The van der Waals surface area contributed by atoms with Crippen LogP contribution in [-0.4, -0.2) is 18.1 Å². The van der Waals surface area contributed by atoms with Crippen molar-refractivity contribution in [2.45, 2.75) is 0 Å². The molecular formula is C9H8N2O2S2. The third-order valence-corrected chi connectivity index (χ3v) is 3.42. The molecular weight excluding hydrogens is 232 g/mol. The van der Waals surface area contributed by atoms with E-state index in [-0.39, 0.29) is 5.97 Å². The van der Waals surface area contributed by atoms with Crippen molar-refractivity contribution in [1.29, 1.82) is 0 Å². The maximum atomic E-state index is 11.2. The lowest BCUT2D eigenvalue weighted by Gasteiger charge is -1.91. The van der Waals surface area contributed by atoms with Gasteiger partial charge in [0.1, 0.15) is 0 Å². The first kappa shape index (κ1) is 10.1. The number of methoxy groups -OCH3 is 1. The number of nitrogens with zero attached hydrogens (tertiary/aromatic N) is 1. The predicted molar refractivity (Wildman–Crippen MR) is 61.2 cm³/mol. The van der Waals surface area contributed by atoms with E-state index >= 15 is 0 Å². The third kappa shape index (κ3) is 2.00. The highest BCUT2D eigenvalue weighted by atomic mass is 32.1. The number of hydrogen-bond donors (Lipinski definition) is 1. The van der Waals surface area contributed by atoms with Gasteiger partial charge in [-0.1, -0.05) is 0 Å². The monoisotopic (exact) mass is 240 g/mol. The van der Waals surface area contributed by atoms with Crippen molar-refractivity contribution in [2.24, 2.45) is 0 Å². The number of esters is 1. The van der Waals surface area contributed by atoms with Gasteiger partial charge < -0.3 is 10.5 Å². The average molecular weight is 240 g/mol. The molecule has 0 spiro atoms. The lowest BCUT2D eigenvalue weighted by Crippen LogP contribution is -1.98. The Morgan fingerprint density at radius 2 is 2.27 bits per heavy atom. The molecule has 0 atom stereocenters. The Kier molecular flexibility index (Phi) is 2.70. The van der Waals surface area contributed by atoms with E-state index in [9.17, 15) is 4.79 Å². The number of ether oxygens (including phenoxy) is 1. The summed E-state index contributed by atoms with van der Waals surface area (Å²) in [6.07, 6.45) is 0. The van der Waals surface area contributed by atoms with Crippen molar-refractivity contribution in [3.63, 3.8) is 0 Å². The molecule has 2 rings (SSSR count). The van der Waals surface area contributed by atoms with Crippen molar-refractivity contribution in [1.82, 2.24) is 4.98 Å². The summed E-state index contributed by atoms with van der Waals surface area (Å²) in [5.41, 5.74) is 6.88. The Morgan fingerprint density at radius 3 is 2.87 bits per heavy atom. The van der Waals surface area contributed by atoms with Crippen LogP contribution in [-0.2, 0) is 4.74 Å². The first-order valence-electron chi connectivity index (χ1n) is 4.09. The van der Waals surface area contributed by atoms with Crippen LogP contribution < -0.4 is 5.73 Å². The van der Waals surface area contributed by atoms with E-state index in [1.54, 1.807) is 11.4 Å². The molecule has 4 nitrogen and oxygen atoms in total. The van der Waals surface area contributed by atoms with Crippen LogP contribution in [0.25, 0.3) is 10.6 Å². The zero-order chi connectivity index (χ0) is 10.8. The maximum Gasteiger partial charge on any atom is 0.338 e. The fourth-order valence-electron chi connectivity index (χ4n) is 1.10.